The van der Waals surface area contributed by atoms with E-state index in [0.717, 1.165) is 0 Å². The third-order valence-electron chi connectivity index (χ3n) is 2.79. The number of hydrogen-bond acceptors (Lipinski definition) is 3. The van der Waals surface area contributed by atoms with E-state index in [0.29, 0.717) is 17.4 Å². The number of thiocarbonyl (C=S) groups is 1. The van der Waals surface area contributed by atoms with Crippen LogP contribution in [0.5, 0.6) is 5.75 Å². The molecule has 19 heavy (non-hydrogen) atoms. The molecule has 4 nitrogen and oxygen atoms in total. The predicted octanol–water partition coefficient (Wildman–Crippen LogP) is 1.70. The monoisotopic (exact) mass is 282 g/mol. The van der Waals surface area contributed by atoms with Gasteiger partial charge in [-0.15, -0.1) is 0 Å². The van der Waals surface area contributed by atoms with E-state index in [9.17, 15) is 9.18 Å². The summed E-state index contributed by atoms with van der Waals surface area (Å²) in [6.45, 7) is 3.90. The number of halogens is 1. The van der Waals surface area contributed by atoms with Crippen LogP contribution in [0.3, 0.4) is 0 Å². The number of nitrogens with zero attached hydrogens (tertiary/aromatic N) is 1. The zero-order valence-electron chi connectivity index (χ0n) is 10.7. The highest BCUT2D eigenvalue weighted by atomic mass is 32.1. The van der Waals surface area contributed by atoms with Gasteiger partial charge in [-0.05, 0) is 38.2 Å². The lowest BCUT2D eigenvalue weighted by molar-refractivity contribution is -0.127. The highest BCUT2D eigenvalue weighted by Gasteiger charge is 2.33. The number of benzene rings is 1. The molecule has 1 amide bonds. The second-order valence-corrected chi connectivity index (χ2v) is 4.89. The summed E-state index contributed by atoms with van der Waals surface area (Å²) in [5.74, 6) is 0.0125. The van der Waals surface area contributed by atoms with Crippen molar-refractivity contribution < 1.29 is 13.9 Å². The van der Waals surface area contributed by atoms with E-state index < -0.39 is 0 Å². The van der Waals surface area contributed by atoms with Gasteiger partial charge in [0.2, 0.25) is 0 Å². The minimum atomic E-state index is -0.354. The summed E-state index contributed by atoms with van der Waals surface area (Å²) in [6.07, 6.45) is -0.282. The Bertz CT molecular complexity index is 509. The van der Waals surface area contributed by atoms with Crippen LogP contribution in [0.2, 0.25) is 0 Å². The molecule has 1 aromatic rings. The number of nitrogens with one attached hydrogen (secondary N) is 1. The molecule has 1 N–H and O–H groups in total. The van der Waals surface area contributed by atoms with Gasteiger partial charge in [-0.25, -0.2) is 4.39 Å². The number of amides is 1. The molecule has 1 aliphatic rings. The maximum absolute atomic E-state index is 13.0. The van der Waals surface area contributed by atoms with Crippen LogP contribution in [-0.4, -0.2) is 34.6 Å². The summed E-state index contributed by atoms with van der Waals surface area (Å²) in [4.78, 5) is 13.3. The van der Waals surface area contributed by atoms with Crippen molar-refractivity contribution in [2.24, 2.45) is 0 Å². The molecule has 1 aromatic carbocycles. The molecule has 0 unspecified atom stereocenters. The highest BCUT2D eigenvalue weighted by molar-refractivity contribution is 7.80. The van der Waals surface area contributed by atoms with E-state index in [1.165, 1.54) is 17.0 Å². The van der Waals surface area contributed by atoms with Gasteiger partial charge in [0.05, 0.1) is 6.54 Å². The average molecular weight is 282 g/mol. The van der Waals surface area contributed by atoms with Crippen LogP contribution in [0.4, 0.5) is 4.39 Å². The maximum atomic E-state index is 13.0. The summed E-state index contributed by atoms with van der Waals surface area (Å²) in [6, 6.07) is 5.61. The Kier molecular flexibility index (Phi) is 3.99. The first kappa shape index (κ1) is 13.7. The Balaban J connectivity index is 1.96. The molecule has 1 heterocycles. The van der Waals surface area contributed by atoms with Gasteiger partial charge in [0.25, 0.3) is 5.91 Å². The predicted molar refractivity (Wildman–Crippen MR) is 73.4 cm³/mol. The van der Waals surface area contributed by atoms with Crippen LogP contribution in [0.25, 0.3) is 0 Å². The molecule has 2 atom stereocenters. The van der Waals surface area contributed by atoms with Crippen molar-refractivity contribution in [3.05, 3.63) is 30.1 Å². The number of rotatable bonds is 4. The zero-order valence-corrected chi connectivity index (χ0v) is 11.5. The van der Waals surface area contributed by atoms with E-state index >= 15 is 0 Å². The Labute approximate surface area is 116 Å². The molecule has 1 fully saturated rings. The highest BCUT2D eigenvalue weighted by Crippen LogP contribution is 2.15. The van der Waals surface area contributed by atoms with E-state index in [1.54, 1.807) is 19.1 Å². The fourth-order valence-corrected chi connectivity index (χ4v) is 2.24. The van der Waals surface area contributed by atoms with Gasteiger partial charge in [-0.3, -0.25) is 9.69 Å². The molecule has 0 spiro atoms. The van der Waals surface area contributed by atoms with Gasteiger partial charge >= 0.3 is 0 Å². The third-order valence-corrected chi connectivity index (χ3v) is 3.13. The first-order valence-electron chi connectivity index (χ1n) is 6.01. The Hall–Kier alpha value is -1.69. The van der Waals surface area contributed by atoms with Crippen LogP contribution >= 0.6 is 12.2 Å². The van der Waals surface area contributed by atoms with Crippen LogP contribution in [0.1, 0.15) is 13.8 Å². The molecular weight excluding hydrogens is 267 g/mol. The molecule has 1 saturated heterocycles. The Morgan fingerprint density at radius 2 is 2.32 bits per heavy atom. The second-order valence-electron chi connectivity index (χ2n) is 4.51. The van der Waals surface area contributed by atoms with E-state index in [1.807, 2.05) is 6.92 Å². The molecule has 0 saturated carbocycles. The molecule has 6 heteroatoms. The van der Waals surface area contributed by atoms with Crippen molar-refractivity contribution >= 4 is 23.2 Å². The van der Waals surface area contributed by atoms with Gasteiger partial charge in [-0.2, -0.15) is 0 Å². The van der Waals surface area contributed by atoms with Crippen LogP contribution in [0.15, 0.2) is 24.3 Å². The molecular formula is C13H15FN2O2S. The lowest BCUT2D eigenvalue weighted by Gasteiger charge is -2.21. The Morgan fingerprint density at radius 3 is 2.89 bits per heavy atom. The summed E-state index contributed by atoms with van der Waals surface area (Å²) in [7, 11) is 0. The standard InChI is InChI=1S/C13H15FN2O2S/c1-8(18-11-5-3-4-10(14)6-11)7-16-12(17)9(2)15-13(16)19/h3-6,8-9H,7H2,1-2H3,(H,15,19)/t8-,9-/m1/s1. The summed E-state index contributed by atoms with van der Waals surface area (Å²) in [5.41, 5.74) is 0. The molecule has 0 aromatic heterocycles. The van der Waals surface area contributed by atoms with Gasteiger partial charge in [0.15, 0.2) is 5.11 Å². The molecule has 102 valence electrons. The van der Waals surface area contributed by atoms with Crippen LogP contribution in [0, 0.1) is 5.82 Å². The molecule has 1 aliphatic heterocycles. The lowest BCUT2D eigenvalue weighted by Crippen LogP contribution is -2.38. The van der Waals surface area contributed by atoms with Gasteiger partial charge in [0, 0.05) is 6.07 Å². The van der Waals surface area contributed by atoms with Crippen molar-refractivity contribution in [1.82, 2.24) is 10.2 Å². The second kappa shape index (κ2) is 5.52. The number of carbonyl (C=O) groups is 1. The topological polar surface area (TPSA) is 41.6 Å². The molecule has 0 aliphatic carbocycles. The summed E-state index contributed by atoms with van der Waals surface area (Å²) < 4.78 is 18.6. The fraction of sp³-hybridized carbons (Fsp3) is 0.385. The number of hydrogen-bond donors (Lipinski definition) is 1. The number of ether oxygens (including phenoxy) is 1. The Morgan fingerprint density at radius 1 is 1.58 bits per heavy atom. The minimum absolute atomic E-state index is 0.0697. The zero-order chi connectivity index (χ0) is 14.0. The third kappa shape index (κ3) is 3.20. The van der Waals surface area contributed by atoms with Crippen LogP contribution in [-0.2, 0) is 4.79 Å². The van der Waals surface area contributed by atoms with Crippen molar-refractivity contribution in [1.29, 1.82) is 0 Å². The quantitative estimate of drug-likeness (QED) is 0.854. The maximum Gasteiger partial charge on any atom is 0.251 e. The largest absolute Gasteiger partial charge is 0.489 e. The molecule has 0 bridgehead atoms. The van der Waals surface area contributed by atoms with E-state index in [4.69, 9.17) is 17.0 Å². The van der Waals surface area contributed by atoms with Crippen LogP contribution < -0.4 is 10.1 Å². The van der Waals surface area contributed by atoms with E-state index in [-0.39, 0.29) is 23.9 Å². The first-order chi connectivity index (χ1) is 8.97. The fourth-order valence-electron chi connectivity index (χ4n) is 1.90. The van der Waals surface area contributed by atoms with Crippen molar-refractivity contribution in [3.63, 3.8) is 0 Å². The first-order valence-corrected chi connectivity index (χ1v) is 6.42. The van der Waals surface area contributed by atoms with E-state index in [2.05, 4.69) is 5.32 Å². The van der Waals surface area contributed by atoms with Crippen molar-refractivity contribution in [2.75, 3.05) is 6.54 Å². The normalized spacial score (nSPS) is 20.4. The van der Waals surface area contributed by atoms with Gasteiger partial charge in [-0.1, -0.05) is 6.07 Å². The van der Waals surface area contributed by atoms with Crippen molar-refractivity contribution in [2.45, 2.75) is 26.0 Å². The van der Waals surface area contributed by atoms with Gasteiger partial charge in [0.1, 0.15) is 23.7 Å². The smallest absolute Gasteiger partial charge is 0.251 e. The number of carbonyl (C=O) groups excluding carboxylic acids is 1. The van der Waals surface area contributed by atoms with Gasteiger partial charge < -0.3 is 10.1 Å². The summed E-state index contributed by atoms with van der Waals surface area (Å²) in [5, 5.41) is 3.30. The molecule has 2 rings (SSSR count). The van der Waals surface area contributed by atoms with Crippen molar-refractivity contribution in [3.8, 4) is 5.75 Å². The molecule has 0 radical (unpaired) electrons. The SMILES string of the molecule is C[C@H](CN1C(=O)[C@@H](C)NC1=S)Oc1cccc(F)c1. The minimum Gasteiger partial charge on any atom is -0.489 e. The summed E-state index contributed by atoms with van der Waals surface area (Å²) >= 11 is 5.08. The lowest BCUT2D eigenvalue weighted by atomic mass is 10.3. The average Bonchev–Trinajstić information content (AvgIpc) is 2.56.